The van der Waals surface area contributed by atoms with Crippen LogP contribution in [0.3, 0.4) is 0 Å². The van der Waals surface area contributed by atoms with E-state index in [1.54, 1.807) is 19.2 Å². The molecule has 1 aromatic heterocycles. The van der Waals surface area contributed by atoms with Crippen molar-refractivity contribution in [3.8, 4) is 17.1 Å². The average molecular weight is 371 g/mol. The molecule has 0 bridgehead atoms. The van der Waals surface area contributed by atoms with Crippen LogP contribution in [0.2, 0.25) is 5.02 Å². The highest BCUT2D eigenvalue weighted by Gasteiger charge is 2.23. The molecular weight excluding hydrogens is 354 g/mol. The summed E-state index contributed by atoms with van der Waals surface area (Å²) in [6.45, 7) is 6.22. The van der Waals surface area contributed by atoms with Crippen LogP contribution in [-0.4, -0.2) is 17.1 Å². The summed E-state index contributed by atoms with van der Waals surface area (Å²) in [4.78, 5) is 9.00. The summed E-state index contributed by atoms with van der Waals surface area (Å²) >= 11 is 9.46. The van der Waals surface area contributed by atoms with Crippen LogP contribution >= 0.6 is 27.5 Å². The third kappa shape index (κ3) is 3.30. The molecule has 0 saturated heterocycles. The summed E-state index contributed by atoms with van der Waals surface area (Å²) in [6, 6.07) is 5.34. The average Bonchev–Trinajstić information content (AvgIpc) is 2.40. The molecule has 4 nitrogen and oxygen atoms in total. The lowest BCUT2D eigenvalue weighted by atomic mass is 9.91. The summed E-state index contributed by atoms with van der Waals surface area (Å²) in [7, 11) is 1.59. The predicted octanol–water partition coefficient (Wildman–Crippen LogP) is 4.45. The van der Waals surface area contributed by atoms with E-state index in [-0.39, 0.29) is 5.41 Å². The van der Waals surface area contributed by atoms with Crippen molar-refractivity contribution in [3.63, 3.8) is 0 Å². The maximum atomic E-state index is 6.01. The Morgan fingerprint density at radius 1 is 1.24 bits per heavy atom. The van der Waals surface area contributed by atoms with Gasteiger partial charge in [-0.3, -0.25) is 0 Å². The van der Waals surface area contributed by atoms with Gasteiger partial charge in [0.15, 0.2) is 5.82 Å². The molecule has 2 N–H and O–H groups in total. The number of nitrogens with zero attached hydrogens (tertiary/aromatic N) is 2. The second-order valence-electron chi connectivity index (χ2n) is 5.69. The van der Waals surface area contributed by atoms with E-state index in [4.69, 9.17) is 22.1 Å². The number of nitrogen functional groups attached to an aromatic ring is 1. The number of halogens is 2. The van der Waals surface area contributed by atoms with Gasteiger partial charge in [-0.15, -0.1) is 0 Å². The second-order valence-corrected chi connectivity index (χ2v) is 6.92. The quantitative estimate of drug-likeness (QED) is 0.848. The SMILES string of the molecule is COc1cc(Cl)ccc1-c1nc(N)c(Br)c(C(C)(C)C)n1. The van der Waals surface area contributed by atoms with Crippen LogP contribution in [-0.2, 0) is 5.41 Å². The number of benzene rings is 1. The molecule has 6 heteroatoms. The van der Waals surface area contributed by atoms with Crippen molar-refractivity contribution in [2.45, 2.75) is 26.2 Å². The molecule has 1 heterocycles. The minimum absolute atomic E-state index is 0.162. The van der Waals surface area contributed by atoms with Crippen molar-refractivity contribution in [2.75, 3.05) is 12.8 Å². The van der Waals surface area contributed by atoms with Crippen LogP contribution < -0.4 is 10.5 Å². The van der Waals surface area contributed by atoms with Gasteiger partial charge in [0.05, 0.1) is 22.8 Å². The lowest BCUT2D eigenvalue weighted by Gasteiger charge is -2.21. The third-order valence-electron chi connectivity index (χ3n) is 2.99. The van der Waals surface area contributed by atoms with Crippen LogP contribution in [0.5, 0.6) is 5.75 Å². The van der Waals surface area contributed by atoms with E-state index >= 15 is 0 Å². The minimum atomic E-state index is -0.162. The molecule has 0 unspecified atom stereocenters. The van der Waals surface area contributed by atoms with Crippen molar-refractivity contribution >= 4 is 33.3 Å². The lowest BCUT2D eigenvalue weighted by molar-refractivity contribution is 0.416. The van der Waals surface area contributed by atoms with Gasteiger partial charge in [-0.2, -0.15) is 0 Å². The normalized spacial score (nSPS) is 11.5. The summed E-state index contributed by atoms with van der Waals surface area (Å²) < 4.78 is 6.09. The van der Waals surface area contributed by atoms with E-state index in [1.165, 1.54) is 0 Å². The molecule has 2 aromatic rings. The molecule has 112 valence electrons. The van der Waals surface area contributed by atoms with Gasteiger partial charge in [0.1, 0.15) is 11.6 Å². The van der Waals surface area contributed by atoms with Gasteiger partial charge >= 0.3 is 0 Å². The maximum absolute atomic E-state index is 6.01. The van der Waals surface area contributed by atoms with Gasteiger partial charge in [-0.1, -0.05) is 32.4 Å². The molecule has 21 heavy (non-hydrogen) atoms. The van der Waals surface area contributed by atoms with Gasteiger partial charge in [0.25, 0.3) is 0 Å². The van der Waals surface area contributed by atoms with Crippen LogP contribution in [0.4, 0.5) is 5.82 Å². The molecule has 0 fully saturated rings. The number of aromatic nitrogens is 2. The first-order valence-electron chi connectivity index (χ1n) is 6.41. The zero-order chi connectivity index (χ0) is 15.8. The molecule has 0 aliphatic carbocycles. The number of rotatable bonds is 2. The molecule has 0 spiro atoms. The number of anilines is 1. The maximum Gasteiger partial charge on any atom is 0.165 e. The molecular formula is C15H17BrClN3O. The first-order valence-corrected chi connectivity index (χ1v) is 7.58. The van der Waals surface area contributed by atoms with Crippen molar-refractivity contribution < 1.29 is 4.74 Å². The van der Waals surface area contributed by atoms with Gasteiger partial charge in [-0.05, 0) is 34.1 Å². The number of nitrogens with two attached hydrogens (primary N) is 1. The Labute approximate surface area is 137 Å². The molecule has 2 rings (SSSR count). The summed E-state index contributed by atoms with van der Waals surface area (Å²) in [6.07, 6.45) is 0. The highest BCUT2D eigenvalue weighted by atomic mass is 79.9. The van der Waals surface area contributed by atoms with E-state index in [1.807, 2.05) is 6.07 Å². The summed E-state index contributed by atoms with van der Waals surface area (Å²) in [5, 5.41) is 0.594. The monoisotopic (exact) mass is 369 g/mol. The Kier molecular flexibility index (Phi) is 4.44. The van der Waals surface area contributed by atoms with E-state index in [0.717, 1.165) is 15.7 Å². The molecule has 0 saturated carbocycles. The number of ether oxygens (including phenoxy) is 1. The highest BCUT2D eigenvalue weighted by Crippen LogP contribution is 2.36. The number of hydrogen-bond acceptors (Lipinski definition) is 4. The Hall–Kier alpha value is -1.33. The lowest BCUT2D eigenvalue weighted by Crippen LogP contribution is -2.17. The first-order chi connectivity index (χ1) is 9.74. The largest absolute Gasteiger partial charge is 0.496 e. The third-order valence-corrected chi connectivity index (χ3v) is 4.01. The van der Waals surface area contributed by atoms with Crippen molar-refractivity contribution in [1.29, 1.82) is 0 Å². The predicted molar refractivity (Wildman–Crippen MR) is 89.8 cm³/mol. The number of methoxy groups -OCH3 is 1. The van der Waals surface area contributed by atoms with Crippen molar-refractivity contribution in [2.24, 2.45) is 0 Å². The van der Waals surface area contributed by atoms with Gasteiger partial charge < -0.3 is 10.5 Å². The Morgan fingerprint density at radius 3 is 2.48 bits per heavy atom. The summed E-state index contributed by atoms with van der Waals surface area (Å²) in [5.41, 5.74) is 7.45. The zero-order valence-corrected chi connectivity index (χ0v) is 14.7. The Morgan fingerprint density at radius 2 is 1.90 bits per heavy atom. The standard InChI is InChI=1S/C15H17BrClN3O/c1-15(2,3)12-11(16)13(18)20-14(19-12)9-6-5-8(17)7-10(9)21-4/h5-7H,1-4H3,(H2,18,19,20). The highest BCUT2D eigenvalue weighted by molar-refractivity contribution is 9.10. The van der Waals surface area contributed by atoms with Crippen molar-refractivity contribution in [1.82, 2.24) is 9.97 Å². The topological polar surface area (TPSA) is 61.0 Å². The van der Waals surface area contributed by atoms with E-state index in [2.05, 4.69) is 46.7 Å². The van der Waals surface area contributed by atoms with Gasteiger partial charge in [0.2, 0.25) is 0 Å². The van der Waals surface area contributed by atoms with E-state index in [9.17, 15) is 0 Å². The smallest absolute Gasteiger partial charge is 0.165 e. The van der Waals surface area contributed by atoms with Crippen LogP contribution in [0, 0.1) is 0 Å². The Balaban J connectivity index is 2.68. The molecule has 0 aliphatic heterocycles. The van der Waals surface area contributed by atoms with E-state index < -0.39 is 0 Å². The fourth-order valence-corrected chi connectivity index (χ4v) is 2.87. The van der Waals surface area contributed by atoms with Crippen molar-refractivity contribution in [3.05, 3.63) is 33.4 Å². The fourth-order valence-electron chi connectivity index (χ4n) is 1.93. The molecule has 0 amide bonds. The first kappa shape index (κ1) is 16.0. The molecule has 0 atom stereocenters. The van der Waals surface area contributed by atoms with Crippen LogP contribution in [0.15, 0.2) is 22.7 Å². The van der Waals surface area contributed by atoms with E-state index in [0.29, 0.717) is 22.4 Å². The second kappa shape index (κ2) is 5.81. The minimum Gasteiger partial charge on any atom is -0.496 e. The zero-order valence-electron chi connectivity index (χ0n) is 12.4. The molecule has 0 radical (unpaired) electrons. The van der Waals surface area contributed by atoms with Crippen LogP contribution in [0.1, 0.15) is 26.5 Å². The Bertz CT molecular complexity index is 683. The summed E-state index contributed by atoms with van der Waals surface area (Å²) in [5.74, 6) is 1.54. The fraction of sp³-hybridized carbons (Fsp3) is 0.333. The van der Waals surface area contributed by atoms with Crippen LogP contribution in [0.25, 0.3) is 11.4 Å². The molecule has 1 aromatic carbocycles. The number of hydrogen-bond donors (Lipinski definition) is 1. The molecule has 0 aliphatic rings. The van der Waals surface area contributed by atoms with Gasteiger partial charge in [0, 0.05) is 10.4 Å². The van der Waals surface area contributed by atoms with Gasteiger partial charge in [-0.25, -0.2) is 9.97 Å².